The van der Waals surface area contributed by atoms with E-state index in [0.29, 0.717) is 6.04 Å². The van der Waals surface area contributed by atoms with Crippen LogP contribution in [0.4, 0.5) is 0 Å². The van der Waals surface area contributed by atoms with Crippen LogP contribution in [0, 0.1) is 0 Å². The number of hydrogen-bond donors (Lipinski definition) is 0. The first-order chi connectivity index (χ1) is 5.16. The SMILES string of the molecule is CCc1c(Br)nnn1C(C)C. The van der Waals surface area contributed by atoms with Gasteiger partial charge in [-0.2, -0.15) is 0 Å². The third-order valence-electron chi connectivity index (χ3n) is 1.57. The molecule has 0 aliphatic rings. The Morgan fingerprint density at radius 1 is 1.55 bits per heavy atom. The number of halogens is 1. The van der Waals surface area contributed by atoms with E-state index in [9.17, 15) is 0 Å². The van der Waals surface area contributed by atoms with Crippen molar-refractivity contribution in [3.05, 3.63) is 10.3 Å². The molecule has 0 atom stereocenters. The standard InChI is InChI=1S/C7H12BrN3/c1-4-6-7(8)9-10-11(6)5(2)3/h5H,4H2,1-3H3. The van der Waals surface area contributed by atoms with Crippen LogP contribution in [0.25, 0.3) is 0 Å². The number of rotatable bonds is 2. The highest BCUT2D eigenvalue weighted by Gasteiger charge is 2.09. The first kappa shape index (κ1) is 8.71. The van der Waals surface area contributed by atoms with Gasteiger partial charge in [-0.25, -0.2) is 4.68 Å². The van der Waals surface area contributed by atoms with Crippen LogP contribution in [-0.4, -0.2) is 15.0 Å². The Morgan fingerprint density at radius 2 is 2.18 bits per heavy atom. The van der Waals surface area contributed by atoms with Crippen LogP contribution in [0.2, 0.25) is 0 Å². The zero-order valence-electron chi connectivity index (χ0n) is 7.00. The summed E-state index contributed by atoms with van der Waals surface area (Å²) in [4.78, 5) is 0. The van der Waals surface area contributed by atoms with Gasteiger partial charge < -0.3 is 0 Å². The van der Waals surface area contributed by atoms with Gasteiger partial charge in [-0.05, 0) is 36.2 Å². The predicted molar refractivity (Wildman–Crippen MR) is 47.5 cm³/mol. The summed E-state index contributed by atoms with van der Waals surface area (Å²) in [5.41, 5.74) is 1.17. The van der Waals surface area contributed by atoms with Gasteiger partial charge in [0.2, 0.25) is 0 Å². The van der Waals surface area contributed by atoms with Crippen molar-refractivity contribution >= 4 is 15.9 Å². The third kappa shape index (κ3) is 1.61. The first-order valence-corrected chi connectivity index (χ1v) is 4.55. The summed E-state index contributed by atoms with van der Waals surface area (Å²) >= 11 is 3.35. The van der Waals surface area contributed by atoms with E-state index in [1.807, 2.05) is 4.68 Å². The molecule has 0 saturated carbocycles. The van der Waals surface area contributed by atoms with E-state index in [1.165, 1.54) is 5.69 Å². The van der Waals surface area contributed by atoms with E-state index in [1.54, 1.807) is 0 Å². The van der Waals surface area contributed by atoms with E-state index in [4.69, 9.17) is 0 Å². The maximum Gasteiger partial charge on any atom is 0.151 e. The van der Waals surface area contributed by atoms with E-state index < -0.39 is 0 Å². The second-order valence-electron chi connectivity index (χ2n) is 2.72. The molecule has 0 saturated heterocycles. The fourth-order valence-electron chi connectivity index (χ4n) is 1.02. The van der Waals surface area contributed by atoms with Crippen LogP contribution in [-0.2, 0) is 6.42 Å². The molecule has 11 heavy (non-hydrogen) atoms. The molecule has 0 unspecified atom stereocenters. The van der Waals surface area contributed by atoms with Crippen molar-refractivity contribution in [1.29, 1.82) is 0 Å². The molecule has 62 valence electrons. The normalized spacial score (nSPS) is 11.0. The number of hydrogen-bond acceptors (Lipinski definition) is 2. The molecule has 0 radical (unpaired) electrons. The van der Waals surface area contributed by atoms with E-state index >= 15 is 0 Å². The van der Waals surface area contributed by atoms with Crippen molar-refractivity contribution < 1.29 is 0 Å². The zero-order valence-corrected chi connectivity index (χ0v) is 8.59. The molecule has 1 aromatic rings. The Morgan fingerprint density at radius 3 is 2.55 bits per heavy atom. The minimum atomic E-state index is 0.392. The maximum absolute atomic E-state index is 4.01. The molecule has 0 bridgehead atoms. The Labute approximate surface area is 74.9 Å². The molecule has 0 amide bonds. The molecule has 1 heterocycles. The van der Waals surface area contributed by atoms with Crippen LogP contribution in [0.1, 0.15) is 32.5 Å². The number of nitrogens with zero attached hydrogens (tertiary/aromatic N) is 3. The van der Waals surface area contributed by atoms with Gasteiger partial charge in [-0.3, -0.25) is 0 Å². The van der Waals surface area contributed by atoms with Gasteiger partial charge in [0.15, 0.2) is 4.60 Å². The molecule has 3 nitrogen and oxygen atoms in total. The van der Waals surface area contributed by atoms with Crippen molar-refractivity contribution in [2.24, 2.45) is 0 Å². The van der Waals surface area contributed by atoms with Gasteiger partial charge in [0.05, 0.1) is 5.69 Å². The topological polar surface area (TPSA) is 30.7 Å². The van der Waals surface area contributed by atoms with Gasteiger partial charge in [-0.1, -0.05) is 12.1 Å². The predicted octanol–water partition coefficient (Wildman–Crippen LogP) is 2.18. The molecule has 0 aliphatic carbocycles. The lowest BCUT2D eigenvalue weighted by molar-refractivity contribution is 0.496. The Hall–Kier alpha value is -0.380. The Bertz CT molecular complexity index is 242. The Balaban J connectivity index is 3.05. The van der Waals surface area contributed by atoms with E-state index in [-0.39, 0.29) is 0 Å². The quantitative estimate of drug-likeness (QED) is 0.761. The lowest BCUT2D eigenvalue weighted by Gasteiger charge is -2.07. The number of aromatic nitrogens is 3. The fraction of sp³-hybridized carbons (Fsp3) is 0.714. The molecule has 0 aromatic carbocycles. The van der Waals surface area contributed by atoms with Gasteiger partial charge in [0, 0.05) is 6.04 Å². The van der Waals surface area contributed by atoms with Crippen molar-refractivity contribution in [1.82, 2.24) is 15.0 Å². The minimum absolute atomic E-state index is 0.392. The van der Waals surface area contributed by atoms with Crippen LogP contribution >= 0.6 is 15.9 Å². The highest BCUT2D eigenvalue weighted by atomic mass is 79.9. The molecular formula is C7H12BrN3. The molecule has 1 aromatic heterocycles. The highest BCUT2D eigenvalue weighted by molar-refractivity contribution is 9.10. The molecule has 1 rings (SSSR count). The lowest BCUT2D eigenvalue weighted by Crippen LogP contribution is -2.06. The summed E-state index contributed by atoms with van der Waals surface area (Å²) in [7, 11) is 0. The largest absolute Gasteiger partial charge is 0.246 e. The summed E-state index contributed by atoms with van der Waals surface area (Å²) in [5, 5.41) is 7.94. The smallest absolute Gasteiger partial charge is 0.151 e. The van der Waals surface area contributed by atoms with Crippen molar-refractivity contribution in [2.45, 2.75) is 33.2 Å². The summed E-state index contributed by atoms with van der Waals surface area (Å²) in [6.45, 7) is 6.29. The van der Waals surface area contributed by atoms with Gasteiger partial charge >= 0.3 is 0 Å². The molecular weight excluding hydrogens is 206 g/mol. The maximum atomic E-state index is 4.01. The average molecular weight is 218 g/mol. The summed E-state index contributed by atoms with van der Waals surface area (Å²) < 4.78 is 2.80. The second-order valence-corrected chi connectivity index (χ2v) is 3.47. The van der Waals surface area contributed by atoms with Crippen molar-refractivity contribution in [3.63, 3.8) is 0 Å². The second kappa shape index (κ2) is 3.34. The van der Waals surface area contributed by atoms with Crippen LogP contribution < -0.4 is 0 Å². The zero-order chi connectivity index (χ0) is 8.43. The van der Waals surface area contributed by atoms with E-state index in [2.05, 4.69) is 47.0 Å². The first-order valence-electron chi connectivity index (χ1n) is 3.76. The molecule has 0 fully saturated rings. The third-order valence-corrected chi connectivity index (χ3v) is 2.18. The van der Waals surface area contributed by atoms with Crippen LogP contribution in [0.3, 0.4) is 0 Å². The molecule has 0 aliphatic heterocycles. The van der Waals surface area contributed by atoms with E-state index in [0.717, 1.165) is 11.0 Å². The van der Waals surface area contributed by atoms with Crippen LogP contribution in [0.5, 0.6) is 0 Å². The molecule has 0 spiro atoms. The van der Waals surface area contributed by atoms with Gasteiger partial charge in [-0.15, -0.1) is 5.10 Å². The summed E-state index contributed by atoms with van der Waals surface area (Å²) in [6, 6.07) is 0.392. The molecule has 4 heteroatoms. The summed E-state index contributed by atoms with van der Waals surface area (Å²) in [5.74, 6) is 0. The minimum Gasteiger partial charge on any atom is -0.246 e. The van der Waals surface area contributed by atoms with Crippen molar-refractivity contribution in [3.8, 4) is 0 Å². The fourth-order valence-corrected chi connectivity index (χ4v) is 1.55. The van der Waals surface area contributed by atoms with Crippen molar-refractivity contribution in [2.75, 3.05) is 0 Å². The monoisotopic (exact) mass is 217 g/mol. The molecule has 0 N–H and O–H groups in total. The highest BCUT2D eigenvalue weighted by Crippen LogP contribution is 2.16. The van der Waals surface area contributed by atoms with Crippen LogP contribution in [0.15, 0.2) is 4.60 Å². The van der Waals surface area contributed by atoms with Gasteiger partial charge in [0.25, 0.3) is 0 Å². The average Bonchev–Trinajstić information content (AvgIpc) is 2.30. The Kier molecular flexibility index (Phi) is 2.65. The lowest BCUT2D eigenvalue weighted by atomic mass is 10.3. The summed E-state index contributed by atoms with van der Waals surface area (Å²) in [6.07, 6.45) is 0.964. The van der Waals surface area contributed by atoms with Gasteiger partial charge in [0.1, 0.15) is 0 Å².